The van der Waals surface area contributed by atoms with Crippen LogP contribution in [0.15, 0.2) is 47.8 Å². The van der Waals surface area contributed by atoms with Gasteiger partial charge in [0.25, 0.3) is 5.91 Å². The van der Waals surface area contributed by atoms with Gasteiger partial charge in [-0.1, -0.05) is 37.3 Å². The quantitative estimate of drug-likeness (QED) is 0.648. The van der Waals surface area contributed by atoms with Crippen molar-refractivity contribution in [2.75, 3.05) is 18.4 Å². The third kappa shape index (κ3) is 4.89. The van der Waals surface area contributed by atoms with E-state index in [2.05, 4.69) is 27.1 Å². The number of aryl methyl sites for hydroxylation is 1. The van der Waals surface area contributed by atoms with Crippen molar-refractivity contribution in [3.63, 3.8) is 0 Å². The first-order chi connectivity index (χ1) is 14.1. The van der Waals surface area contributed by atoms with Crippen molar-refractivity contribution in [2.45, 2.75) is 33.2 Å². The number of rotatable bonds is 5. The number of pyridine rings is 1. The molecule has 6 heteroatoms. The Morgan fingerprint density at radius 3 is 2.79 bits per heavy atom. The molecule has 5 nitrogen and oxygen atoms in total. The van der Waals surface area contributed by atoms with Gasteiger partial charge in [-0.2, -0.15) is 0 Å². The highest BCUT2D eigenvalue weighted by Crippen LogP contribution is 2.23. The Bertz CT molecular complexity index is 986. The van der Waals surface area contributed by atoms with E-state index in [0.29, 0.717) is 16.4 Å². The number of hydrogen-bond acceptors (Lipinski definition) is 5. The maximum Gasteiger partial charge on any atom is 0.259 e. The molecule has 3 heterocycles. The van der Waals surface area contributed by atoms with E-state index in [9.17, 15) is 4.79 Å². The van der Waals surface area contributed by atoms with Gasteiger partial charge in [0.15, 0.2) is 5.13 Å². The average molecular weight is 407 g/mol. The molecule has 1 aromatic carbocycles. The lowest BCUT2D eigenvalue weighted by Crippen LogP contribution is -2.33. The van der Waals surface area contributed by atoms with Crippen molar-refractivity contribution in [2.24, 2.45) is 5.92 Å². The Kier molecular flexibility index (Phi) is 6.02. The molecule has 0 saturated carbocycles. The van der Waals surface area contributed by atoms with E-state index in [0.717, 1.165) is 42.5 Å². The molecule has 1 fully saturated rings. The van der Waals surface area contributed by atoms with Gasteiger partial charge in [0.1, 0.15) is 0 Å². The van der Waals surface area contributed by atoms with Gasteiger partial charge >= 0.3 is 0 Å². The van der Waals surface area contributed by atoms with Gasteiger partial charge in [0.05, 0.1) is 22.6 Å². The third-order valence-electron chi connectivity index (χ3n) is 5.30. The monoisotopic (exact) mass is 406 g/mol. The normalized spacial score (nSPS) is 17.2. The summed E-state index contributed by atoms with van der Waals surface area (Å²) in [4.78, 5) is 24.4. The van der Waals surface area contributed by atoms with Crippen LogP contribution in [0.3, 0.4) is 0 Å². The minimum absolute atomic E-state index is 0.165. The molecule has 150 valence electrons. The van der Waals surface area contributed by atoms with E-state index in [4.69, 9.17) is 0 Å². The molecule has 1 saturated heterocycles. The van der Waals surface area contributed by atoms with Crippen molar-refractivity contribution in [1.29, 1.82) is 0 Å². The molecule has 3 aromatic rings. The van der Waals surface area contributed by atoms with Crippen LogP contribution in [0.2, 0.25) is 0 Å². The molecule has 0 spiro atoms. The predicted octanol–water partition coefficient (Wildman–Crippen LogP) is 5.00. The summed E-state index contributed by atoms with van der Waals surface area (Å²) in [7, 11) is 0. The number of carbonyl (C=O) groups is 1. The van der Waals surface area contributed by atoms with Crippen molar-refractivity contribution in [1.82, 2.24) is 14.9 Å². The fourth-order valence-electron chi connectivity index (χ4n) is 3.83. The number of likely N-dealkylation sites (tertiary alicyclic amines) is 1. The lowest BCUT2D eigenvalue weighted by atomic mass is 10.0. The molecule has 1 N–H and O–H groups in total. The van der Waals surface area contributed by atoms with Crippen molar-refractivity contribution < 1.29 is 4.79 Å². The van der Waals surface area contributed by atoms with Crippen LogP contribution in [0.5, 0.6) is 0 Å². The topological polar surface area (TPSA) is 58.1 Å². The first kappa shape index (κ1) is 19.7. The summed E-state index contributed by atoms with van der Waals surface area (Å²) in [5, 5.41) is 5.62. The van der Waals surface area contributed by atoms with E-state index in [1.54, 1.807) is 0 Å². The summed E-state index contributed by atoms with van der Waals surface area (Å²) in [6.45, 7) is 7.27. The zero-order valence-corrected chi connectivity index (χ0v) is 17.7. The minimum atomic E-state index is -0.165. The Morgan fingerprint density at radius 1 is 1.21 bits per heavy atom. The number of hydrogen-bond donors (Lipinski definition) is 1. The summed E-state index contributed by atoms with van der Waals surface area (Å²) in [5.41, 5.74) is 4.22. The van der Waals surface area contributed by atoms with E-state index in [1.165, 1.54) is 24.2 Å². The Hall–Kier alpha value is -2.57. The molecule has 1 amide bonds. The lowest BCUT2D eigenvalue weighted by molar-refractivity contribution is 0.102. The number of piperidine rings is 1. The second kappa shape index (κ2) is 8.84. The first-order valence-electron chi connectivity index (χ1n) is 10.1. The van der Waals surface area contributed by atoms with E-state index >= 15 is 0 Å². The molecule has 2 aromatic heterocycles. The molecule has 1 aliphatic heterocycles. The van der Waals surface area contributed by atoms with Crippen LogP contribution in [0, 0.1) is 12.8 Å². The van der Waals surface area contributed by atoms with Crippen LogP contribution in [-0.4, -0.2) is 33.9 Å². The van der Waals surface area contributed by atoms with Gasteiger partial charge in [-0.05, 0) is 44.4 Å². The van der Waals surface area contributed by atoms with Gasteiger partial charge in [0.2, 0.25) is 0 Å². The zero-order chi connectivity index (χ0) is 20.2. The highest BCUT2D eigenvalue weighted by Gasteiger charge is 2.18. The highest BCUT2D eigenvalue weighted by atomic mass is 32.1. The predicted molar refractivity (Wildman–Crippen MR) is 118 cm³/mol. The van der Waals surface area contributed by atoms with Crippen LogP contribution >= 0.6 is 11.3 Å². The Morgan fingerprint density at radius 2 is 2.03 bits per heavy atom. The van der Waals surface area contributed by atoms with Gasteiger partial charge in [0, 0.05) is 24.0 Å². The fraction of sp³-hybridized carbons (Fsp3) is 0.348. The van der Waals surface area contributed by atoms with E-state index < -0.39 is 0 Å². The maximum atomic E-state index is 12.7. The second-order valence-corrected chi connectivity index (χ2v) is 8.63. The van der Waals surface area contributed by atoms with Crippen molar-refractivity contribution >= 4 is 22.4 Å². The van der Waals surface area contributed by atoms with E-state index in [1.807, 2.05) is 54.8 Å². The SMILES string of the molecule is Cc1nc(-c2ccccc2)ccc1C(=O)Nc1nc(CN2CCCC(C)C2)cs1. The van der Waals surface area contributed by atoms with Crippen LogP contribution in [0.1, 0.15) is 41.5 Å². The maximum absolute atomic E-state index is 12.7. The number of benzene rings is 1. The summed E-state index contributed by atoms with van der Waals surface area (Å²) in [5.74, 6) is 0.581. The molecule has 0 aliphatic carbocycles. The molecule has 0 bridgehead atoms. The van der Waals surface area contributed by atoms with Gasteiger partial charge in [-0.3, -0.25) is 20.0 Å². The van der Waals surface area contributed by atoms with Crippen molar-refractivity contribution in [3.8, 4) is 11.3 Å². The molecule has 1 aliphatic rings. The molecule has 0 radical (unpaired) electrons. The molecular weight excluding hydrogens is 380 g/mol. The second-order valence-electron chi connectivity index (χ2n) is 7.78. The number of nitrogens with one attached hydrogen (secondary N) is 1. The van der Waals surface area contributed by atoms with E-state index in [-0.39, 0.29) is 5.91 Å². The largest absolute Gasteiger partial charge is 0.298 e. The summed E-state index contributed by atoms with van der Waals surface area (Å²) in [6.07, 6.45) is 2.56. The van der Waals surface area contributed by atoms with Crippen molar-refractivity contribution in [3.05, 3.63) is 64.8 Å². The molecule has 4 rings (SSSR count). The first-order valence-corrected chi connectivity index (χ1v) is 11.0. The summed E-state index contributed by atoms with van der Waals surface area (Å²) < 4.78 is 0. The molecule has 1 unspecified atom stereocenters. The van der Waals surface area contributed by atoms with Crippen LogP contribution in [-0.2, 0) is 6.54 Å². The number of nitrogens with zero attached hydrogens (tertiary/aromatic N) is 3. The molecule has 1 atom stereocenters. The average Bonchev–Trinajstić information content (AvgIpc) is 3.15. The van der Waals surface area contributed by atoms with Gasteiger partial charge < -0.3 is 0 Å². The summed E-state index contributed by atoms with van der Waals surface area (Å²) >= 11 is 1.48. The smallest absolute Gasteiger partial charge is 0.259 e. The zero-order valence-electron chi connectivity index (χ0n) is 16.9. The third-order valence-corrected chi connectivity index (χ3v) is 6.11. The number of aromatic nitrogens is 2. The standard InChI is InChI=1S/C23H26N4OS/c1-16-7-6-12-27(13-16)14-19-15-29-23(25-19)26-22(28)20-10-11-21(24-17(20)2)18-8-4-3-5-9-18/h3-5,8-11,15-16H,6-7,12-14H2,1-2H3,(H,25,26,28). The van der Waals surface area contributed by atoms with Gasteiger partial charge in [-0.15, -0.1) is 11.3 Å². The van der Waals surface area contributed by atoms with Crippen LogP contribution in [0.4, 0.5) is 5.13 Å². The number of thiazole rings is 1. The molecule has 29 heavy (non-hydrogen) atoms. The highest BCUT2D eigenvalue weighted by molar-refractivity contribution is 7.14. The number of carbonyl (C=O) groups excluding carboxylic acids is 1. The Balaban J connectivity index is 1.41. The van der Waals surface area contributed by atoms with Gasteiger partial charge in [-0.25, -0.2) is 4.98 Å². The molecular formula is C23H26N4OS. The fourth-order valence-corrected chi connectivity index (χ4v) is 4.53. The minimum Gasteiger partial charge on any atom is -0.298 e. The number of amides is 1. The lowest BCUT2D eigenvalue weighted by Gasteiger charge is -2.30. The summed E-state index contributed by atoms with van der Waals surface area (Å²) in [6, 6.07) is 13.7. The Labute approximate surface area is 175 Å². The number of anilines is 1. The van der Waals surface area contributed by atoms with Crippen LogP contribution < -0.4 is 5.32 Å². The van der Waals surface area contributed by atoms with Crippen LogP contribution in [0.25, 0.3) is 11.3 Å².